The molecule has 0 saturated heterocycles. The van der Waals surface area contributed by atoms with Crippen molar-refractivity contribution in [1.82, 2.24) is 15.1 Å². The highest BCUT2D eigenvalue weighted by Crippen LogP contribution is 2.24. The summed E-state index contributed by atoms with van der Waals surface area (Å²) in [6.45, 7) is 5.03. The van der Waals surface area contributed by atoms with E-state index < -0.39 is 0 Å². The molecule has 102 valence electrons. The average molecular weight is 259 g/mol. The molecule has 0 aliphatic carbocycles. The monoisotopic (exact) mass is 259 g/mol. The van der Waals surface area contributed by atoms with Crippen LogP contribution < -0.4 is 10.1 Å². The zero-order valence-corrected chi connectivity index (χ0v) is 12.0. The molecule has 0 aliphatic rings. The number of methoxy groups -OCH3 is 1. The highest BCUT2D eigenvalue weighted by atomic mass is 16.5. The second-order valence-corrected chi connectivity index (χ2v) is 4.72. The van der Waals surface area contributed by atoms with Crippen molar-refractivity contribution in [1.29, 1.82) is 0 Å². The van der Waals surface area contributed by atoms with E-state index >= 15 is 0 Å². The molecule has 0 aliphatic heterocycles. The zero-order valence-electron chi connectivity index (χ0n) is 12.0. The van der Waals surface area contributed by atoms with Gasteiger partial charge in [-0.15, -0.1) is 0 Å². The van der Waals surface area contributed by atoms with E-state index in [1.54, 1.807) is 7.11 Å². The van der Waals surface area contributed by atoms with Crippen molar-refractivity contribution >= 4 is 0 Å². The molecule has 4 heteroatoms. The Bertz CT molecular complexity index is 548. The number of ether oxygens (including phenoxy) is 1. The molecule has 0 spiro atoms. The standard InChI is InChI=1S/C15H21N3O/c1-11(14-7-5-6-8-15(14)19-4)16-9-13-10-17-18(3)12(13)2/h5-8,10-11,16H,9H2,1-4H3/t11-/m1/s1. The predicted molar refractivity (Wildman–Crippen MR) is 76.2 cm³/mol. The van der Waals surface area contributed by atoms with Crippen LogP contribution in [0.4, 0.5) is 0 Å². The van der Waals surface area contributed by atoms with Crippen LogP contribution in [-0.4, -0.2) is 16.9 Å². The van der Waals surface area contributed by atoms with Gasteiger partial charge in [-0.05, 0) is 19.9 Å². The van der Waals surface area contributed by atoms with E-state index in [1.807, 2.05) is 36.1 Å². The lowest BCUT2D eigenvalue weighted by Crippen LogP contribution is -2.19. The van der Waals surface area contributed by atoms with Gasteiger partial charge in [0, 0.05) is 36.5 Å². The summed E-state index contributed by atoms with van der Waals surface area (Å²) < 4.78 is 7.28. The first-order chi connectivity index (χ1) is 9.13. The molecule has 0 fully saturated rings. The number of hydrogen-bond acceptors (Lipinski definition) is 3. The van der Waals surface area contributed by atoms with Crippen LogP contribution in [0.25, 0.3) is 0 Å². The third-order valence-electron chi connectivity index (χ3n) is 3.54. The fourth-order valence-electron chi connectivity index (χ4n) is 2.11. The predicted octanol–water partition coefficient (Wildman–Crippen LogP) is 2.59. The summed E-state index contributed by atoms with van der Waals surface area (Å²) in [5.74, 6) is 0.922. The Morgan fingerprint density at radius 3 is 2.74 bits per heavy atom. The summed E-state index contributed by atoms with van der Waals surface area (Å²) in [5.41, 5.74) is 3.59. The molecule has 1 aromatic heterocycles. The van der Waals surface area contributed by atoms with Gasteiger partial charge < -0.3 is 10.1 Å². The molecule has 0 radical (unpaired) electrons. The van der Waals surface area contributed by atoms with E-state index in [4.69, 9.17) is 4.74 Å². The van der Waals surface area contributed by atoms with Gasteiger partial charge in [-0.25, -0.2) is 0 Å². The van der Waals surface area contributed by atoms with Crippen LogP contribution in [0.5, 0.6) is 5.75 Å². The molecule has 1 atom stereocenters. The smallest absolute Gasteiger partial charge is 0.123 e. The van der Waals surface area contributed by atoms with Crippen LogP contribution in [0.3, 0.4) is 0 Å². The first-order valence-corrected chi connectivity index (χ1v) is 6.47. The SMILES string of the molecule is COc1ccccc1[C@@H](C)NCc1cnn(C)c1C. The molecule has 1 heterocycles. The summed E-state index contributed by atoms with van der Waals surface area (Å²) in [7, 11) is 3.67. The number of nitrogens with zero attached hydrogens (tertiary/aromatic N) is 2. The van der Waals surface area contributed by atoms with Crippen LogP contribution in [0, 0.1) is 6.92 Å². The van der Waals surface area contributed by atoms with Crippen LogP contribution in [0.1, 0.15) is 29.8 Å². The Balaban J connectivity index is 2.05. The van der Waals surface area contributed by atoms with Crippen LogP contribution in [0.15, 0.2) is 30.5 Å². The highest BCUT2D eigenvalue weighted by Gasteiger charge is 2.11. The molecule has 1 aromatic carbocycles. The van der Waals surface area contributed by atoms with Crippen molar-refractivity contribution in [2.75, 3.05) is 7.11 Å². The van der Waals surface area contributed by atoms with Crippen LogP contribution in [-0.2, 0) is 13.6 Å². The third-order valence-corrected chi connectivity index (χ3v) is 3.54. The summed E-state index contributed by atoms with van der Waals surface area (Å²) >= 11 is 0. The fourth-order valence-corrected chi connectivity index (χ4v) is 2.11. The summed E-state index contributed by atoms with van der Waals surface area (Å²) in [5, 5.41) is 7.76. The Kier molecular flexibility index (Phi) is 4.22. The van der Waals surface area contributed by atoms with Crippen molar-refractivity contribution in [3.05, 3.63) is 47.3 Å². The number of nitrogens with one attached hydrogen (secondary N) is 1. The Labute approximate surface area is 114 Å². The lowest BCUT2D eigenvalue weighted by molar-refractivity contribution is 0.401. The minimum absolute atomic E-state index is 0.232. The normalized spacial score (nSPS) is 12.4. The molecule has 2 rings (SSSR count). The molecule has 0 bridgehead atoms. The summed E-state index contributed by atoms with van der Waals surface area (Å²) in [4.78, 5) is 0. The largest absolute Gasteiger partial charge is 0.496 e. The number of para-hydroxylation sites is 1. The van der Waals surface area contributed by atoms with E-state index in [0.29, 0.717) is 0 Å². The van der Waals surface area contributed by atoms with E-state index in [0.717, 1.165) is 12.3 Å². The van der Waals surface area contributed by atoms with Crippen LogP contribution >= 0.6 is 0 Å². The molecule has 2 aromatic rings. The molecule has 0 saturated carbocycles. The molecule has 0 unspecified atom stereocenters. The number of aryl methyl sites for hydroxylation is 1. The number of benzene rings is 1. The first kappa shape index (κ1) is 13.6. The Morgan fingerprint density at radius 1 is 1.37 bits per heavy atom. The maximum Gasteiger partial charge on any atom is 0.123 e. The molecule has 1 N–H and O–H groups in total. The molecule has 0 amide bonds. The van der Waals surface area contributed by atoms with Crippen molar-refractivity contribution in [2.24, 2.45) is 7.05 Å². The number of aromatic nitrogens is 2. The van der Waals surface area contributed by atoms with Crippen molar-refractivity contribution in [2.45, 2.75) is 26.4 Å². The van der Waals surface area contributed by atoms with Gasteiger partial charge in [-0.3, -0.25) is 4.68 Å². The maximum absolute atomic E-state index is 5.39. The maximum atomic E-state index is 5.39. The van der Waals surface area contributed by atoms with Gasteiger partial charge in [0.25, 0.3) is 0 Å². The van der Waals surface area contributed by atoms with E-state index in [-0.39, 0.29) is 6.04 Å². The van der Waals surface area contributed by atoms with Crippen LogP contribution in [0.2, 0.25) is 0 Å². The lowest BCUT2D eigenvalue weighted by atomic mass is 10.1. The Morgan fingerprint density at radius 2 is 2.11 bits per heavy atom. The van der Waals surface area contributed by atoms with E-state index in [2.05, 4.69) is 30.3 Å². The highest BCUT2D eigenvalue weighted by molar-refractivity contribution is 5.35. The van der Waals surface area contributed by atoms with Gasteiger partial charge >= 0.3 is 0 Å². The van der Waals surface area contributed by atoms with E-state index in [9.17, 15) is 0 Å². The number of hydrogen-bond donors (Lipinski definition) is 1. The number of rotatable bonds is 5. The fraction of sp³-hybridized carbons (Fsp3) is 0.400. The van der Waals surface area contributed by atoms with Gasteiger partial charge in [0.2, 0.25) is 0 Å². The minimum Gasteiger partial charge on any atom is -0.496 e. The molecular formula is C15H21N3O. The second-order valence-electron chi connectivity index (χ2n) is 4.72. The summed E-state index contributed by atoms with van der Waals surface area (Å²) in [6.07, 6.45) is 1.91. The van der Waals surface area contributed by atoms with Crippen molar-refractivity contribution in [3.8, 4) is 5.75 Å². The zero-order chi connectivity index (χ0) is 13.8. The lowest BCUT2D eigenvalue weighted by Gasteiger charge is -2.17. The van der Waals surface area contributed by atoms with E-state index in [1.165, 1.54) is 16.8 Å². The van der Waals surface area contributed by atoms with Gasteiger partial charge in [0.1, 0.15) is 5.75 Å². The average Bonchev–Trinajstić information content (AvgIpc) is 2.76. The van der Waals surface area contributed by atoms with Gasteiger partial charge in [-0.2, -0.15) is 5.10 Å². The quantitative estimate of drug-likeness (QED) is 0.897. The van der Waals surface area contributed by atoms with Gasteiger partial charge in [0.15, 0.2) is 0 Å². The minimum atomic E-state index is 0.232. The first-order valence-electron chi connectivity index (χ1n) is 6.47. The molecular weight excluding hydrogens is 238 g/mol. The molecule has 4 nitrogen and oxygen atoms in total. The van der Waals surface area contributed by atoms with Gasteiger partial charge in [-0.1, -0.05) is 18.2 Å². The Hall–Kier alpha value is -1.81. The summed E-state index contributed by atoms with van der Waals surface area (Å²) in [6, 6.07) is 8.33. The topological polar surface area (TPSA) is 39.1 Å². The third kappa shape index (κ3) is 2.96. The van der Waals surface area contributed by atoms with Crippen molar-refractivity contribution < 1.29 is 4.74 Å². The second kappa shape index (κ2) is 5.89. The van der Waals surface area contributed by atoms with Gasteiger partial charge in [0.05, 0.1) is 13.3 Å². The van der Waals surface area contributed by atoms with Crippen molar-refractivity contribution in [3.63, 3.8) is 0 Å². The molecule has 19 heavy (non-hydrogen) atoms.